The number of nitrogens with one attached hydrogen (secondary N) is 4. The fourth-order valence-electron chi connectivity index (χ4n) is 10.6. The van der Waals surface area contributed by atoms with Gasteiger partial charge in [-0.1, -0.05) is 18.9 Å². The van der Waals surface area contributed by atoms with Gasteiger partial charge in [-0.15, -0.1) is 0 Å². The monoisotopic (exact) mass is 955 g/mol. The number of imide groups is 2. The van der Waals surface area contributed by atoms with Gasteiger partial charge in [0.15, 0.2) is 5.82 Å². The number of methoxy groups -OCH3 is 1. The summed E-state index contributed by atoms with van der Waals surface area (Å²) in [6.07, 6.45) is 8.52. The van der Waals surface area contributed by atoms with E-state index in [-0.39, 0.29) is 59.4 Å². The van der Waals surface area contributed by atoms with Crippen LogP contribution in [0.3, 0.4) is 0 Å². The van der Waals surface area contributed by atoms with E-state index in [0.29, 0.717) is 48.5 Å². The number of amides is 6. The predicted octanol–water partition coefficient (Wildman–Crippen LogP) is 3.78. The topological polar surface area (TPSA) is 211 Å². The molecule has 6 aliphatic rings. The highest BCUT2D eigenvalue weighted by atomic mass is 19.3. The van der Waals surface area contributed by atoms with Crippen molar-refractivity contribution in [3.63, 3.8) is 0 Å². The molecule has 3 aromatic rings. The van der Waals surface area contributed by atoms with Crippen LogP contribution in [0.5, 0.6) is 5.75 Å². The molecule has 21 heteroatoms. The fourth-order valence-corrected chi connectivity index (χ4v) is 10.6. The number of hydrogen-bond acceptors (Lipinski definition) is 15. The van der Waals surface area contributed by atoms with E-state index in [1.165, 1.54) is 20.4 Å². The molecular formula is C48H59F2N11O8. The van der Waals surface area contributed by atoms with Crippen molar-refractivity contribution in [3.8, 4) is 5.75 Å². The first-order chi connectivity index (χ1) is 33.3. The van der Waals surface area contributed by atoms with Crippen molar-refractivity contribution in [2.45, 2.75) is 94.3 Å². The fraction of sp³-hybridized carbons (Fsp3) is 0.542. The quantitative estimate of drug-likeness (QED) is 0.126. The molecule has 1 unspecified atom stereocenters. The molecule has 69 heavy (non-hydrogen) atoms. The van der Waals surface area contributed by atoms with Crippen molar-refractivity contribution in [2.75, 3.05) is 93.6 Å². The van der Waals surface area contributed by atoms with Crippen LogP contribution in [-0.4, -0.2) is 163 Å². The Bertz CT molecular complexity index is 2470. The highest BCUT2D eigenvalue weighted by Crippen LogP contribution is 2.40. The summed E-state index contributed by atoms with van der Waals surface area (Å²) < 4.78 is 41.7. The molecule has 0 bridgehead atoms. The van der Waals surface area contributed by atoms with Crippen molar-refractivity contribution >= 4 is 64.3 Å². The Morgan fingerprint density at radius 3 is 2.41 bits per heavy atom. The van der Waals surface area contributed by atoms with Crippen LogP contribution in [0.25, 0.3) is 0 Å². The number of piperidine rings is 1. The second kappa shape index (κ2) is 20.3. The molecule has 4 fully saturated rings. The molecular weight excluding hydrogens is 897 g/mol. The van der Waals surface area contributed by atoms with E-state index in [9.17, 15) is 28.8 Å². The molecule has 0 spiro atoms. The van der Waals surface area contributed by atoms with Gasteiger partial charge in [-0.3, -0.25) is 48.8 Å². The Balaban J connectivity index is 0.692. The molecule has 4 N–H and O–H groups in total. The molecule has 4 aliphatic heterocycles. The number of anilines is 5. The highest BCUT2D eigenvalue weighted by molar-refractivity contribution is 6.25. The normalized spacial score (nSPS) is 23.4. The van der Waals surface area contributed by atoms with Crippen molar-refractivity contribution < 1.29 is 47.0 Å². The lowest BCUT2D eigenvalue weighted by Crippen LogP contribution is -2.54. The first kappa shape index (κ1) is 47.7. The molecule has 5 heterocycles. The number of fused-ring (bicyclic) bond motifs is 2. The summed E-state index contributed by atoms with van der Waals surface area (Å²) in [5.74, 6) is -6.45. The smallest absolute Gasteiger partial charge is 0.342 e. The zero-order chi connectivity index (χ0) is 48.4. The number of piperazine rings is 1. The van der Waals surface area contributed by atoms with Gasteiger partial charge in [0.05, 0.1) is 49.9 Å². The van der Waals surface area contributed by atoms with Crippen LogP contribution in [0.15, 0.2) is 42.6 Å². The van der Waals surface area contributed by atoms with Crippen molar-refractivity contribution in [3.05, 3.63) is 59.3 Å². The minimum Gasteiger partial charge on any atom is -0.495 e. The van der Waals surface area contributed by atoms with Crippen LogP contribution >= 0.6 is 0 Å². The van der Waals surface area contributed by atoms with E-state index in [1.807, 2.05) is 0 Å². The van der Waals surface area contributed by atoms with Crippen LogP contribution < -0.4 is 35.8 Å². The highest BCUT2D eigenvalue weighted by Gasteiger charge is 2.49. The van der Waals surface area contributed by atoms with Crippen LogP contribution in [0.1, 0.15) is 95.3 Å². The third-order valence-electron chi connectivity index (χ3n) is 14.4. The number of aromatic nitrogens is 2. The van der Waals surface area contributed by atoms with E-state index >= 15 is 8.78 Å². The van der Waals surface area contributed by atoms with E-state index in [4.69, 9.17) is 9.47 Å². The Morgan fingerprint density at radius 2 is 1.67 bits per heavy atom. The van der Waals surface area contributed by atoms with Crippen LogP contribution in [0.2, 0.25) is 0 Å². The maximum Gasteiger partial charge on any atom is 0.342 e. The van der Waals surface area contributed by atoms with E-state index in [0.717, 1.165) is 93.9 Å². The average molecular weight is 956 g/mol. The Kier molecular flexibility index (Phi) is 14.1. The van der Waals surface area contributed by atoms with Crippen molar-refractivity contribution in [2.24, 2.45) is 0 Å². The van der Waals surface area contributed by atoms with Crippen molar-refractivity contribution in [1.29, 1.82) is 0 Å². The van der Waals surface area contributed by atoms with Crippen molar-refractivity contribution in [1.82, 2.24) is 35.3 Å². The first-order valence-corrected chi connectivity index (χ1v) is 24.0. The van der Waals surface area contributed by atoms with Gasteiger partial charge in [-0.05, 0) is 75.3 Å². The third-order valence-corrected chi connectivity index (χ3v) is 14.4. The predicted molar refractivity (Wildman–Crippen MR) is 250 cm³/mol. The molecule has 9 rings (SSSR count). The van der Waals surface area contributed by atoms with Gasteiger partial charge in [0.2, 0.25) is 17.8 Å². The first-order valence-electron chi connectivity index (χ1n) is 24.0. The molecule has 6 amide bonds. The molecule has 368 valence electrons. The number of halogens is 2. The van der Waals surface area contributed by atoms with Crippen LogP contribution in [-0.2, 0) is 19.1 Å². The second-order valence-electron chi connectivity index (χ2n) is 18.6. The van der Waals surface area contributed by atoms with Gasteiger partial charge >= 0.3 is 5.92 Å². The summed E-state index contributed by atoms with van der Waals surface area (Å²) in [5.41, 5.74) is 2.08. The van der Waals surface area contributed by atoms with Gasteiger partial charge in [0.25, 0.3) is 23.6 Å². The SMILES string of the molecule is COc1cc(C(=O)NC2CCC(N3CCN(CCOCCNc4cccc5c4C(=O)N(C4CCC(=O)NC4=O)C5=O)CC3)CC2)ccc1Nc1ncc2c(n1)N(C1CCCC1)CC(F)(F)C(=O)N2C. The number of carbonyl (C=O) groups is 6. The number of rotatable bonds is 15. The van der Waals surface area contributed by atoms with Crippen LogP contribution in [0.4, 0.5) is 37.6 Å². The van der Waals surface area contributed by atoms with Gasteiger partial charge in [0.1, 0.15) is 17.5 Å². The summed E-state index contributed by atoms with van der Waals surface area (Å²) in [6, 6.07) is 9.32. The Morgan fingerprint density at radius 1 is 0.899 bits per heavy atom. The molecule has 2 saturated heterocycles. The molecule has 1 aromatic heterocycles. The van der Waals surface area contributed by atoms with Gasteiger partial charge in [-0.25, -0.2) is 4.98 Å². The maximum absolute atomic E-state index is 15.1. The lowest BCUT2D eigenvalue weighted by atomic mass is 9.89. The average Bonchev–Trinajstić information content (AvgIpc) is 3.97. The number of hydrogen-bond donors (Lipinski definition) is 4. The summed E-state index contributed by atoms with van der Waals surface area (Å²) >= 11 is 0. The number of alkyl halides is 2. The molecule has 0 radical (unpaired) electrons. The second-order valence-corrected chi connectivity index (χ2v) is 18.6. The summed E-state index contributed by atoms with van der Waals surface area (Å²) in [6.45, 7) is 5.13. The molecule has 1 atom stereocenters. The standard InChI is InChI=1S/C48H59F2N11O8/c1-57-37-27-52-47(56-41(37)60(32-6-3-4-7-32)28-48(49,50)46(57)67)54-34-15-10-29(26-38(34)68-2)42(63)53-30-11-13-31(14-12-30)59-21-19-58(20-22-59)23-25-69-24-18-51-35-9-5-8-33-40(35)45(66)61(44(33)65)36-16-17-39(62)55-43(36)64/h5,8-10,15,26-27,30-32,36,51H,3-4,6-7,11-14,16-25,28H2,1-2H3,(H,53,63)(H,52,54,56)(H,55,62,64). The summed E-state index contributed by atoms with van der Waals surface area (Å²) in [4.78, 5) is 94.2. The molecule has 19 nitrogen and oxygen atoms in total. The third kappa shape index (κ3) is 10.1. The lowest BCUT2D eigenvalue weighted by Gasteiger charge is -2.42. The van der Waals surface area contributed by atoms with Gasteiger partial charge in [0, 0.05) is 82.1 Å². The minimum absolute atomic E-state index is 0.0389. The molecule has 2 aromatic carbocycles. The van der Waals surface area contributed by atoms with E-state index < -0.39 is 48.0 Å². The lowest BCUT2D eigenvalue weighted by molar-refractivity contribution is -0.140. The molecule has 2 saturated carbocycles. The van der Waals surface area contributed by atoms with E-state index in [1.54, 1.807) is 41.3 Å². The van der Waals surface area contributed by atoms with Gasteiger partial charge < -0.3 is 35.2 Å². The maximum atomic E-state index is 15.1. The number of benzene rings is 2. The Labute approximate surface area is 398 Å². The number of ether oxygens (including phenoxy) is 2. The van der Waals surface area contributed by atoms with Gasteiger partial charge in [-0.2, -0.15) is 13.8 Å². The number of nitrogens with zero attached hydrogens (tertiary/aromatic N) is 7. The minimum atomic E-state index is -3.58. The molecule has 2 aliphatic carbocycles. The summed E-state index contributed by atoms with van der Waals surface area (Å²) in [5, 5.41) is 11.8. The zero-order valence-electron chi connectivity index (χ0n) is 38.9. The zero-order valence-corrected chi connectivity index (χ0v) is 38.9. The summed E-state index contributed by atoms with van der Waals surface area (Å²) in [7, 11) is 2.81. The van der Waals surface area contributed by atoms with E-state index in [2.05, 4.69) is 41.0 Å². The Hall–Kier alpha value is -6.32. The largest absolute Gasteiger partial charge is 0.495 e. The number of carbonyl (C=O) groups excluding carboxylic acids is 6. The van der Waals surface area contributed by atoms with Crippen LogP contribution in [0, 0.1) is 0 Å².